The van der Waals surface area contributed by atoms with Crippen LogP contribution in [0.2, 0.25) is 0 Å². The minimum absolute atomic E-state index is 0.707. The Morgan fingerprint density at radius 3 is 2.21 bits per heavy atom. The SMILES string of the molecule is CC(N[C@@H](C)C1CCCCCC1)C1CC2C=CC1C2. The van der Waals surface area contributed by atoms with Crippen LogP contribution in [0, 0.1) is 23.7 Å². The van der Waals surface area contributed by atoms with Gasteiger partial charge in [-0.1, -0.05) is 37.8 Å². The highest BCUT2D eigenvalue weighted by Gasteiger charge is 2.38. The zero-order valence-electron chi connectivity index (χ0n) is 12.8. The summed E-state index contributed by atoms with van der Waals surface area (Å²) in [6.07, 6.45) is 16.6. The Kier molecular flexibility index (Phi) is 4.31. The number of nitrogens with one attached hydrogen (secondary N) is 1. The summed E-state index contributed by atoms with van der Waals surface area (Å²) in [5.74, 6) is 3.63. The molecular weight excluding hydrogens is 230 g/mol. The van der Waals surface area contributed by atoms with Crippen molar-refractivity contribution in [3.63, 3.8) is 0 Å². The van der Waals surface area contributed by atoms with Crippen LogP contribution in [0.5, 0.6) is 0 Å². The molecule has 2 saturated carbocycles. The molecule has 0 amide bonds. The molecule has 0 aliphatic heterocycles. The highest BCUT2D eigenvalue weighted by atomic mass is 15.0. The predicted molar refractivity (Wildman–Crippen MR) is 82.1 cm³/mol. The molecule has 0 heterocycles. The predicted octanol–water partition coefficient (Wildman–Crippen LogP) is 4.54. The summed E-state index contributed by atoms with van der Waals surface area (Å²) < 4.78 is 0. The first-order valence-electron chi connectivity index (χ1n) is 8.68. The van der Waals surface area contributed by atoms with Gasteiger partial charge in [0.1, 0.15) is 0 Å². The van der Waals surface area contributed by atoms with Crippen molar-refractivity contribution in [2.24, 2.45) is 23.7 Å². The van der Waals surface area contributed by atoms with Crippen LogP contribution in [-0.4, -0.2) is 12.1 Å². The minimum Gasteiger partial charge on any atom is -0.311 e. The van der Waals surface area contributed by atoms with Crippen LogP contribution in [0.1, 0.15) is 65.2 Å². The van der Waals surface area contributed by atoms with E-state index in [-0.39, 0.29) is 0 Å². The molecule has 3 aliphatic carbocycles. The second kappa shape index (κ2) is 5.99. The van der Waals surface area contributed by atoms with Crippen LogP contribution >= 0.6 is 0 Å². The molecule has 5 atom stereocenters. The zero-order chi connectivity index (χ0) is 13.2. The molecule has 108 valence electrons. The van der Waals surface area contributed by atoms with E-state index in [4.69, 9.17) is 0 Å². The summed E-state index contributed by atoms with van der Waals surface area (Å²) in [6.45, 7) is 4.88. The number of allylic oxidation sites excluding steroid dienone is 2. The smallest absolute Gasteiger partial charge is 0.00754 e. The van der Waals surface area contributed by atoms with Crippen LogP contribution in [-0.2, 0) is 0 Å². The fourth-order valence-corrected chi connectivity index (χ4v) is 4.88. The lowest BCUT2D eigenvalue weighted by Crippen LogP contribution is -2.44. The third-order valence-electron chi connectivity index (χ3n) is 6.11. The van der Waals surface area contributed by atoms with E-state index < -0.39 is 0 Å². The average molecular weight is 261 g/mol. The van der Waals surface area contributed by atoms with Crippen molar-refractivity contribution in [3.05, 3.63) is 12.2 Å². The fourth-order valence-electron chi connectivity index (χ4n) is 4.88. The van der Waals surface area contributed by atoms with Gasteiger partial charge >= 0.3 is 0 Å². The van der Waals surface area contributed by atoms with Gasteiger partial charge in [0.15, 0.2) is 0 Å². The average Bonchev–Trinajstić information content (AvgIpc) is 2.92. The maximum absolute atomic E-state index is 3.97. The van der Waals surface area contributed by atoms with Gasteiger partial charge in [0.2, 0.25) is 0 Å². The summed E-state index contributed by atoms with van der Waals surface area (Å²) in [7, 11) is 0. The van der Waals surface area contributed by atoms with Crippen molar-refractivity contribution in [3.8, 4) is 0 Å². The molecule has 4 unspecified atom stereocenters. The van der Waals surface area contributed by atoms with E-state index >= 15 is 0 Å². The van der Waals surface area contributed by atoms with Crippen molar-refractivity contribution in [1.29, 1.82) is 0 Å². The molecule has 0 aromatic rings. The monoisotopic (exact) mass is 261 g/mol. The summed E-state index contributed by atoms with van der Waals surface area (Å²) in [5.41, 5.74) is 0. The third-order valence-corrected chi connectivity index (χ3v) is 6.11. The van der Waals surface area contributed by atoms with Crippen LogP contribution < -0.4 is 5.32 Å². The molecule has 0 radical (unpaired) electrons. The van der Waals surface area contributed by atoms with Gasteiger partial charge in [0.25, 0.3) is 0 Å². The summed E-state index contributed by atoms with van der Waals surface area (Å²) in [5, 5.41) is 3.97. The lowest BCUT2D eigenvalue weighted by atomic mass is 9.85. The van der Waals surface area contributed by atoms with E-state index in [1.165, 1.54) is 51.4 Å². The van der Waals surface area contributed by atoms with Gasteiger partial charge in [-0.05, 0) is 63.2 Å². The van der Waals surface area contributed by atoms with Crippen molar-refractivity contribution < 1.29 is 0 Å². The van der Waals surface area contributed by atoms with Gasteiger partial charge in [-0.15, -0.1) is 0 Å². The van der Waals surface area contributed by atoms with Crippen LogP contribution in [0.25, 0.3) is 0 Å². The second-order valence-electron chi connectivity index (χ2n) is 7.44. The molecule has 1 heteroatoms. The highest BCUT2D eigenvalue weighted by molar-refractivity contribution is 5.11. The minimum atomic E-state index is 0.707. The van der Waals surface area contributed by atoms with Crippen molar-refractivity contribution in [2.75, 3.05) is 0 Å². The van der Waals surface area contributed by atoms with Gasteiger partial charge < -0.3 is 5.32 Å². The van der Waals surface area contributed by atoms with Crippen molar-refractivity contribution >= 4 is 0 Å². The zero-order valence-corrected chi connectivity index (χ0v) is 12.8. The Bertz CT molecular complexity index is 314. The number of rotatable bonds is 4. The first-order valence-corrected chi connectivity index (χ1v) is 8.68. The van der Waals surface area contributed by atoms with E-state index in [2.05, 4.69) is 31.3 Å². The molecule has 19 heavy (non-hydrogen) atoms. The Balaban J connectivity index is 1.51. The Hall–Kier alpha value is -0.300. The molecule has 3 rings (SSSR count). The van der Waals surface area contributed by atoms with E-state index in [0.29, 0.717) is 6.04 Å². The molecule has 3 aliphatic rings. The maximum Gasteiger partial charge on any atom is 0.00754 e. The molecule has 2 fully saturated rings. The number of hydrogen-bond acceptors (Lipinski definition) is 1. The lowest BCUT2D eigenvalue weighted by Gasteiger charge is -2.32. The molecule has 2 bridgehead atoms. The van der Waals surface area contributed by atoms with Crippen LogP contribution in [0.4, 0.5) is 0 Å². The normalized spacial score (nSPS) is 38.3. The quantitative estimate of drug-likeness (QED) is 0.579. The van der Waals surface area contributed by atoms with Gasteiger partial charge in [-0.3, -0.25) is 0 Å². The number of fused-ring (bicyclic) bond motifs is 2. The molecule has 0 spiro atoms. The Morgan fingerprint density at radius 2 is 1.63 bits per heavy atom. The van der Waals surface area contributed by atoms with Gasteiger partial charge in [-0.25, -0.2) is 0 Å². The van der Waals surface area contributed by atoms with Gasteiger partial charge in [0, 0.05) is 12.1 Å². The van der Waals surface area contributed by atoms with Gasteiger partial charge in [-0.2, -0.15) is 0 Å². The molecular formula is C18H31N. The van der Waals surface area contributed by atoms with Crippen LogP contribution in [0.15, 0.2) is 12.2 Å². The molecule has 0 aromatic carbocycles. The lowest BCUT2D eigenvalue weighted by molar-refractivity contribution is 0.254. The Morgan fingerprint density at radius 1 is 0.895 bits per heavy atom. The molecule has 1 nitrogen and oxygen atoms in total. The van der Waals surface area contributed by atoms with Gasteiger partial charge in [0.05, 0.1) is 0 Å². The third kappa shape index (κ3) is 3.07. The molecule has 0 saturated heterocycles. The van der Waals surface area contributed by atoms with Crippen molar-refractivity contribution in [2.45, 2.75) is 77.3 Å². The topological polar surface area (TPSA) is 12.0 Å². The van der Waals surface area contributed by atoms with E-state index in [1.807, 2.05) is 0 Å². The van der Waals surface area contributed by atoms with Crippen LogP contribution in [0.3, 0.4) is 0 Å². The van der Waals surface area contributed by atoms with E-state index in [9.17, 15) is 0 Å². The van der Waals surface area contributed by atoms with Crippen molar-refractivity contribution in [1.82, 2.24) is 5.32 Å². The summed E-state index contributed by atoms with van der Waals surface area (Å²) in [4.78, 5) is 0. The first-order chi connectivity index (χ1) is 9.24. The summed E-state index contributed by atoms with van der Waals surface area (Å²) >= 11 is 0. The fraction of sp³-hybridized carbons (Fsp3) is 0.889. The Labute approximate surface area is 119 Å². The summed E-state index contributed by atoms with van der Waals surface area (Å²) in [6, 6.07) is 1.43. The maximum atomic E-state index is 3.97. The largest absolute Gasteiger partial charge is 0.311 e. The van der Waals surface area contributed by atoms with E-state index in [1.54, 1.807) is 0 Å². The standard InChI is InChI=1S/C18H31N/c1-13(16-7-5-3-4-6-8-16)19-14(2)18-12-15-9-10-17(18)11-15/h9-10,13-19H,3-8,11-12H2,1-2H3/t13-,14?,15?,17?,18?/m0/s1. The second-order valence-corrected chi connectivity index (χ2v) is 7.44. The molecule has 1 N–H and O–H groups in total. The molecule has 0 aromatic heterocycles. The van der Waals surface area contributed by atoms with E-state index in [0.717, 1.165) is 29.7 Å². The highest BCUT2D eigenvalue weighted by Crippen LogP contribution is 2.45. The number of hydrogen-bond donors (Lipinski definition) is 1. The first kappa shape index (κ1) is 13.7.